The van der Waals surface area contributed by atoms with Crippen molar-refractivity contribution >= 4 is 21.6 Å². The predicted octanol–water partition coefficient (Wildman–Crippen LogP) is 1.72. The number of benzene rings is 2. The molecular formula is C23H24N8O3S. The maximum absolute atomic E-state index is 12.7. The summed E-state index contributed by atoms with van der Waals surface area (Å²) in [6.07, 6.45) is 3.10. The summed E-state index contributed by atoms with van der Waals surface area (Å²) in [6, 6.07) is 15.3. The van der Waals surface area contributed by atoms with E-state index in [1.54, 1.807) is 48.7 Å². The molecule has 2 heterocycles. The first kappa shape index (κ1) is 24.0. The van der Waals surface area contributed by atoms with E-state index in [1.807, 2.05) is 17.7 Å². The van der Waals surface area contributed by atoms with Crippen LogP contribution in [0.5, 0.6) is 0 Å². The van der Waals surface area contributed by atoms with Crippen molar-refractivity contribution in [1.29, 1.82) is 0 Å². The van der Waals surface area contributed by atoms with Gasteiger partial charge in [0.25, 0.3) is 5.91 Å². The Morgan fingerprint density at radius 1 is 1.03 bits per heavy atom. The molecule has 0 aliphatic heterocycles. The number of sulfonamides is 1. The molecule has 0 atom stereocenters. The summed E-state index contributed by atoms with van der Waals surface area (Å²) < 4.78 is 28.6. The number of aromatic nitrogens is 5. The average Bonchev–Trinajstić information content (AvgIpc) is 3.26. The van der Waals surface area contributed by atoms with Gasteiger partial charge in [-0.1, -0.05) is 24.3 Å². The Kier molecular flexibility index (Phi) is 7.13. The van der Waals surface area contributed by atoms with Crippen molar-refractivity contribution in [2.24, 2.45) is 7.05 Å². The van der Waals surface area contributed by atoms with Crippen LogP contribution in [0.3, 0.4) is 0 Å². The van der Waals surface area contributed by atoms with Crippen LogP contribution in [0.25, 0.3) is 11.5 Å². The zero-order chi connectivity index (χ0) is 24.8. The highest BCUT2D eigenvalue weighted by atomic mass is 32.2. The molecule has 0 fully saturated rings. The number of hydrogen-bond donors (Lipinski definition) is 3. The van der Waals surface area contributed by atoms with E-state index in [2.05, 4.69) is 35.5 Å². The van der Waals surface area contributed by atoms with Crippen LogP contribution in [-0.2, 0) is 30.2 Å². The lowest BCUT2D eigenvalue weighted by Gasteiger charge is -2.12. The Morgan fingerprint density at radius 3 is 2.63 bits per heavy atom. The Labute approximate surface area is 202 Å². The number of nitrogens with zero attached hydrogens (tertiary/aromatic N) is 5. The quantitative estimate of drug-likeness (QED) is 0.320. The van der Waals surface area contributed by atoms with Crippen molar-refractivity contribution in [3.63, 3.8) is 0 Å². The Balaban J connectivity index is 1.41. The molecule has 180 valence electrons. The fourth-order valence-electron chi connectivity index (χ4n) is 3.41. The van der Waals surface area contributed by atoms with Gasteiger partial charge >= 0.3 is 0 Å². The van der Waals surface area contributed by atoms with Crippen molar-refractivity contribution in [2.45, 2.75) is 18.0 Å². The zero-order valence-corrected chi connectivity index (χ0v) is 20.0. The number of carbonyl (C=O) groups is 1. The lowest BCUT2D eigenvalue weighted by atomic mass is 10.1. The molecule has 4 rings (SSSR count). The van der Waals surface area contributed by atoms with E-state index in [-0.39, 0.29) is 17.3 Å². The number of anilines is 1. The topological polar surface area (TPSA) is 144 Å². The standard InChI is InChI=1S/C23H24N8O3S/c1-24-35(33,34)20-9-4-3-6-17(20)13-27-23(32)16-7-5-8-18(12-16)26-14-21-29-30-22(31(21)2)19-10-11-25-15-28-19/h3-12,15,24,26H,13-14H2,1-2H3,(H,27,32). The fraction of sp³-hybridized carbons (Fsp3) is 0.174. The largest absolute Gasteiger partial charge is 0.378 e. The summed E-state index contributed by atoms with van der Waals surface area (Å²) in [5.41, 5.74) is 2.32. The molecule has 0 aliphatic carbocycles. The molecule has 11 nitrogen and oxygen atoms in total. The van der Waals surface area contributed by atoms with Crippen LogP contribution >= 0.6 is 0 Å². The van der Waals surface area contributed by atoms with E-state index in [4.69, 9.17) is 0 Å². The van der Waals surface area contributed by atoms with Crippen molar-refractivity contribution in [3.05, 3.63) is 84.1 Å². The number of rotatable bonds is 9. The Bertz CT molecular complexity index is 1440. The monoisotopic (exact) mass is 492 g/mol. The van der Waals surface area contributed by atoms with Gasteiger partial charge in [0, 0.05) is 31.0 Å². The maximum Gasteiger partial charge on any atom is 0.251 e. The van der Waals surface area contributed by atoms with Gasteiger partial charge < -0.3 is 15.2 Å². The molecule has 0 bridgehead atoms. The molecule has 0 unspecified atom stereocenters. The molecule has 0 saturated carbocycles. The summed E-state index contributed by atoms with van der Waals surface area (Å²) in [6.45, 7) is 0.452. The van der Waals surface area contributed by atoms with E-state index in [0.717, 1.165) is 5.69 Å². The summed E-state index contributed by atoms with van der Waals surface area (Å²) in [7, 11) is -0.433. The van der Waals surface area contributed by atoms with Crippen molar-refractivity contribution in [3.8, 4) is 11.5 Å². The van der Waals surface area contributed by atoms with Gasteiger partial charge in [-0.05, 0) is 42.9 Å². The van der Waals surface area contributed by atoms with E-state index < -0.39 is 10.0 Å². The van der Waals surface area contributed by atoms with E-state index in [1.165, 1.54) is 19.4 Å². The molecule has 0 saturated heterocycles. The summed E-state index contributed by atoms with van der Waals surface area (Å²) in [5.74, 6) is 0.990. The lowest BCUT2D eigenvalue weighted by Crippen LogP contribution is -2.26. The Morgan fingerprint density at radius 2 is 1.86 bits per heavy atom. The normalized spacial score (nSPS) is 11.3. The second-order valence-corrected chi connectivity index (χ2v) is 9.38. The smallest absolute Gasteiger partial charge is 0.251 e. The molecule has 0 radical (unpaired) electrons. The number of nitrogens with one attached hydrogen (secondary N) is 3. The van der Waals surface area contributed by atoms with Crippen LogP contribution in [0.2, 0.25) is 0 Å². The highest BCUT2D eigenvalue weighted by molar-refractivity contribution is 7.89. The molecule has 2 aromatic carbocycles. The molecule has 4 aromatic rings. The Hall–Kier alpha value is -4.16. The zero-order valence-electron chi connectivity index (χ0n) is 19.1. The minimum atomic E-state index is -3.63. The second-order valence-electron chi connectivity index (χ2n) is 7.53. The number of hydrogen-bond acceptors (Lipinski definition) is 8. The van der Waals surface area contributed by atoms with Gasteiger partial charge in [0.1, 0.15) is 12.0 Å². The molecule has 0 aliphatic rings. The van der Waals surface area contributed by atoms with Gasteiger partial charge in [-0.2, -0.15) is 0 Å². The molecule has 12 heteroatoms. The first-order valence-electron chi connectivity index (χ1n) is 10.7. The van der Waals surface area contributed by atoms with Crippen LogP contribution in [0.4, 0.5) is 5.69 Å². The minimum Gasteiger partial charge on any atom is -0.378 e. The first-order chi connectivity index (χ1) is 16.9. The first-order valence-corrected chi connectivity index (χ1v) is 12.2. The van der Waals surface area contributed by atoms with Gasteiger partial charge in [0.05, 0.1) is 11.4 Å². The second kappa shape index (κ2) is 10.4. The van der Waals surface area contributed by atoms with E-state index in [9.17, 15) is 13.2 Å². The van der Waals surface area contributed by atoms with Gasteiger partial charge in [-0.15, -0.1) is 10.2 Å². The van der Waals surface area contributed by atoms with Crippen LogP contribution in [0.1, 0.15) is 21.7 Å². The van der Waals surface area contributed by atoms with Crippen LogP contribution < -0.4 is 15.4 Å². The molecular weight excluding hydrogens is 468 g/mol. The molecule has 1 amide bonds. The van der Waals surface area contributed by atoms with Crippen LogP contribution in [0.15, 0.2) is 72.0 Å². The predicted molar refractivity (Wildman–Crippen MR) is 130 cm³/mol. The highest BCUT2D eigenvalue weighted by Gasteiger charge is 2.17. The molecule has 0 spiro atoms. The summed E-state index contributed by atoms with van der Waals surface area (Å²) in [5, 5.41) is 14.5. The third-order valence-corrected chi connectivity index (χ3v) is 6.84. The summed E-state index contributed by atoms with van der Waals surface area (Å²) in [4.78, 5) is 21.0. The van der Waals surface area contributed by atoms with Crippen molar-refractivity contribution < 1.29 is 13.2 Å². The van der Waals surface area contributed by atoms with Gasteiger partial charge in [-0.3, -0.25) is 4.79 Å². The highest BCUT2D eigenvalue weighted by Crippen LogP contribution is 2.17. The maximum atomic E-state index is 12.7. The van der Waals surface area contributed by atoms with E-state index in [0.29, 0.717) is 35.0 Å². The van der Waals surface area contributed by atoms with Gasteiger partial charge in [-0.25, -0.2) is 23.1 Å². The van der Waals surface area contributed by atoms with Gasteiger partial charge in [0.2, 0.25) is 10.0 Å². The lowest BCUT2D eigenvalue weighted by molar-refractivity contribution is 0.0950. The third kappa shape index (κ3) is 5.50. The minimum absolute atomic E-state index is 0.0678. The number of carbonyl (C=O) groups excluding carboxylic acids is 1. The molecule has 35 heavy (non-hydrogen) atoms. The van der Waals surface area contributed by atoms with Gasteiger partial charge in [0.15, 0.2) is 11.6 Å². The van der Waals surface area contributed by atoms with Crippen LogP contribution in [0, 0.1) is 0 Å². The molecule has 3 N–H and O–H groups in total. The number of amides is 1. The molecule has 2 aromatic heterocycles. The van der Waals surface area contributed by atoms with Crippen LogP contribution in [-0.4, -0.2) is 46.1 Å². The third-order valence-electron chi connectivity index (χ3n) is 5.32. The van der Waals surface area contributed by atoms with Crippen molar-refractivity contribution in [2.75, 3.05) is 12.4 Å². The average molecular weight is 493 g/mol. The SMILES string of the molecule is CNS(=O)(=O)c1ccccc1CNC(=O)c1cccc(NCc2nnc(-c3ccncn3)n2C)c1. The summed E-state index contributed by atoms with van der Waals surface area (Å²) >= 11 is 0. The van der Waals surface area contributed by atoms with Crippen molar-refractivity contribution in [1.82, 2.24) is 34.8 Å². The van der Waals surface area contributed by atoms with E-state index >= 15 is 0 Å². The fourth-order valence-corrected chi connectivity index (χ4v) is 4.38.